The lowest BCUT2D eigenvalue weighted by Crippen LogP contribution is -2.42. The number of hydrogen-bond donors (Lipinski definition) is 2. The van der Waals surface area contributed by atoms with Crippen LogP contribution >= 0.6 is 24.0 Å². The number of rotatable bonds is 11. The van der Waals surface area contributed by atoms with E-state index in [0.717, 1.165) is 63.8 Å². The molecule has 1 aliphatic rings. The number of benzene rings is 1. The van der Waals surface area contributed by atoms with Crippen LogP contribution < -0.4 is 15.4 Å². The summed E-state index contributed by atoms with van der Waals surface area (Å²) in [7, 11) is 0. The predicted molar refractivity (Wildman–Crippen MR) is 130 cm³/mol. The van der Waals surface area contributed by atoms with Crippen molar-refractivity contribution in [2.24, 2.45) is 4.99 Å². The molecular weight excluding hydrogens is 463 g/mol. The number of ether oxygens (including phenoxy) is 1. The molecular formula is C22H39IN4O. The molecule has 0 saturated carbocycles. The molecule has 5 nitrogen and oxygen atoms in total. The minimum absolute atomic E-state index is 0. The minimum atomic E-state index is 0. The Morgan fingerprint density at radius 1 is 1.25 bits per heavy atom. The van der Waals surface area contributed by atoms with Crippen LogP contribution in [0.4, 0.5) is 0 Å². The zero-order valence-corrected chi connectivity index (χ0v) is 20.4. The van der Waals surface area contributed by atoms with Gasteiger partial charge in [0.2, 0.25) is 0 Å². The van der Waals surface area contributed by atoms with Gasteiger partial charge < -0.3 is 20.3 Å². The summed E-state index contributed by atoms with van der Waals surface area (Å²) in [5.74, 6) is 1.98. The highest BCUT2D eigenvalue weighted by Gasteiger charge is 2.12. The molecule has 0 aromatic heterocycles. The first-order chi connectivity index (χ1) is 13.2. The quantitative estimate of drug-likeness (QED) is 0.274. The molecule has 1 aliphatic heterocycles. The van der Waals surface area contributed by atoms with Gasteiger partial charge >= 0.3 is 0 Å². The summed E-state index contributed by atoms with van der Waals surface area (Å²) < 4.78 is 5.58. The Bertz CT molecular complexity index is 590. The highest BCUT2D eigenvalue weighted by atomic mass is 127. The van der Waals surface area contributed by atoms with Gasteiger partial charge in [0.05, 0.1) is 6.61 Å². The third-order valence-corrected chi connectivity index (χ3v) is 5.16. The first-order valence-corrected chi connectivity index (χ1v) is 10.7. The van der Waals surface area contributed by atoms with Crippen LogP contribution in [0.25, 0.3) is 0 Å². The van der Waals surface area contributed by atoms with Gasteiger partial charge in [0.25, 0.3) is 0 Å². The van der Waals surface area contributed by atoms with E-state index < -0.39 is 0 Å². The number of nitrogens with one attached hydrogen (secondary N) is 2. The van der Waals surface area contributed by atoms with Crippen molar-refractivity contribution in [2.45, 2.75) is 59.4 Å². The van der Waals surface area contributed by atoms with Crippen molar-refractivity contribution in [3.05, 3.63) is 29.3 Å². The third-order valence-electron chi connectivity index (χ3n) is 5.16. The molecule has 160 valence electrons. The molecule has 6 heteroatoms. The van der Waals surface area contributed by atoms with E-state index in [1.165, 1.54) is 24.1 Å². The molecule has 28 heavy (non-hydrogen) atoms. The molecule has 1 heterocycles. The average molecular weight is 502 g/mol. The Morgan fingerprint density at radius 3 is 2.75 bits per heavy atom. The van der Waals surface area contributed by atoms with Gasteiger partial charge in [-0.05, 0) is 69.9 Å². The molecule has 0 amide bonds. The number of fused-ring (bicyclic) bond motifs is 1. The van der Waals surface area contributed by atoms with Gasteiger partial charge in [-0.3, -0.25) is 4.99 Å². The van der Waals surface area contributed by atoms with Crippen LogP contribution in [0.2, 0.25) is 0 Å². The topological polar surface area (TPSA) is 48.9 Å². The van der Waals surface area contributed by atoms with E-state index >= 15 is 0 Å². The lowest BCUT2D eigenvalue weighted by Gasteiger charge is -2.21. The molecule has 1 aromatic rings. The average Bonchev–Trinajstić information content (AvgIpc) is 3.13. The number of hydrogen-bond acceptors (Lipinski definition) is 3. The van der Waals surface area contributed by atoms with Crippen LogP contribution in [-0.4, -0.2) is 56.2 Å². The van der Waals surface area contributed by atoms with E-state index in [9.17, 15) is 0 Å². The normalized spacial score (nSPS) is 14.2. The van der Waals surface area contributed by atoms with Crippen molar-refractivity contribution in [3.8, 4) is 5.75 Å². The van der Waals surface area contributed by atoms with Crippen molar-refractivity contribution >= 4 is 29.9 Å². The Hall–Kier alpha value is -1.02. The Balaban J connectivity index is 0.00000392. The van der Waals surface area contributed by atoms with E-state index in [2.05, 4.69) is 61.4 Å². The van der Waals surface area contributed by atoms with E-state index in [4.69, 9.17) is 9.73 Å². The van der Waals surface area contributed by atoms with E-state index in [1.54, 1.807) is 0 Å². The molecule has 1 unspecified atom stereocenters. The van der Waals surface area contributed by atoms with Crippen LogP contribution in [0.15, 0.2) is 23.2 Å². The van der Waals surface area contributed by atoms with Gasteiger partial charge in [0.1, 0.15) is 5.75 Å². The van der Waals surface area contributed by atoms with E-state index in [1.807, 2.05) is 0 Å². The summed E-state index contributed by atoms with van der Waals surface area (Å²) in [6, 6.07) is 6.96. The maximum Gasteiger partial charge on any atom is 0.191 e. The smallest absolute Gasteiger partial charge is 0.191 e. The van der Waals surface area contributed by atoms with Crippen LogP contribution in [0.3, 0.4) is 0 Å². The Morgan fingerprint density at radius 2 is 2.04 bits per heavy atom. The van der Waals surface area contributed by atoms with Gasteiger partial charge in [-0.1, -0.05) is 26.0 Å². The van der Waals surface area contributed by atoms with E-state index in [-0.39, 0.29) is 24.0 Å². The summed E-state index contributed by atoms with van der Waals surface area (Å²) in [5.41, 5.74) is 2.68. The fourth-order valence-corrected chi connectivity index (χ4v) is 3.48. The van der Waals surface area contributed by atoms with Crippen molar-refractivity contribution in [1.29, 1.82) is 0 Å². The number of aliphatic imine (C=N–C) groups is 1. The standard InChI is InChI=1S/C22H38N4O.HI/c1-5-23-22(25-18(4)9-8-15-26(6-2)7-3)24-14-12-19-10-11-21-20(17-19)13-16-27-21;/h10-11,17-18H,5-9,12-16H2,1-4H3,(H2,23,24,25);1H. The zero-order valence-electron chi connectivity index (χ0n) is 18.1. The second-order valence-corrected chi connectivity index (χ2v) is 7.27. The van der Waals surface area contributed by atoms with Crippen LogP contribution in [0.5, 0.6) is 5.75 Å². The highest BCUT2D eigenvalue weighted by molar-refractivity contribution is 14.0. The zero-order chi connectivity index (χ0) is 19.5. The third kappa shape index (κ3) is 8.55. The molecule has 1 atom stereocenters. The molecule has 0 radical (unpaired) electrons. The molecule has 0 spiro atoms. The van der Waals surface area contributed by atoms with Gasteiger partial charge in [0.15, 0.2) is 5.96 Å². The number of halogens is 1. The van der Waals surface area contributed by atoms with Gasteiger partial charge in [0, 0.05) is 25.6 Å². The monoisotopic (exact) mass is 502 g/mol. The van der Waals surface area contributed by atoms with Crippen LogP contribution in [-0.2, 0) is 12.8 Å². The first-order valence-electron chi connectivity index (χ1n) is 10.7. The molecule has 0 aliphatic carbocycles. The van der Waals surface area contributed by atoms with E-state index in [0.29, 0.717) is 6.04 Å². The maximum atomic E-state index is 5.58. The summed E-state index contributed by atoms with van der Waals surface area (Å²) in [4.78, 5) is 7.25. The summed E-state index contributed by atoms with van der Waals surface area (Å²) >= 11 is 0. The van der Waals surface area contributed by atoms with Crippen molar-refractivity contribution in [1.82, 2.24) is 15.5 Å². The van der Waals surface area contributed by atoms with Crippen LogP contribution in [0.1, 0.15) is 51.7 Å². The summed E-state index contributed by atoms with van der Waals surface area (Å²) in [5, 5.41) is 6.93. The lowest BCUT2D eigenvalue weighted by molar-refractivity contribution is 0.292. The SMILES string of the molecule is CCNC(=NCCc1ccc2c(c1)CCO2)NC(C)CCCN(CC)CC.I. The molecule has 2 N–H and O–H groups in total. The largest absolute Gasteiger partial charge is 0.493 e. The Kier molecular flexibility index (Phi) is 12.5. The van der Waals surface area contributed by atoms with Crippen molar-refractivity contribution in [3.63, 3.8) is 0 Å². The molecule has 0 bridgehead atoms. The summed E-state index contributed by atoms with van der Waals surface area (Å²) in [6.45, 7) is 14.8. The fourth-order valence-electron chi connectivity index (χ4n) is 3.48. The predicted octanol–water partition coefficient (Wildman–Crippen LogP) is 3.85. The van der Waals surface area contributed by atoms with Gasteiger partial charge in [-0.2, -0.15) is 0 Å². The first kappa shape index (κ1) is 25.0. The summed E-state index contributed by atoms with van der Waals surface area (Å²) in [6.07, 6.45) is 4.36. The molecule has 0 saturated heterocycles. The second-order valence-electron chi connectivity index (χ2n) is 7.27. The van der Waals surface area contributed by atoms with Crippen LogP contribution in [0, 0.1) is 0 Å². The van der Waals surface area contributed by atoms with Crippen molar-refractivity contribution in [2.75, 3.05) is 39.3 Å². The van der Waals surface area contributed by atoms with Gasteiger partial charge in [-0.15, -0.1) is 24.0 Å². The highest BCUT2D eigenvalue weighted by Crippen LogP contribution is 2.25. The Labute approximate surface area is 188 Å². The van der Waals surface area contributed by atoms with Gasteiger partial charge in [-0.25, -0.2) is 0 Å². The molecule has 2 rings (SSSR count). The second kappa shape index (κ2) is 14.0. The number of guanidine groups is 1. The maximum absolute atomic E-state index is 5.58. The minimum Gasteiger partial charge on any atom is -0.493 e. The van der Waals surface area contributed by atoms with Crippen molar-refractivity contribution < 1.29 is 4.74 Å². The lowest BCUT2D eigenvalue weighted by atomic mass is 10.1. The fraction of sp³-hybridized carbons (Fsp3) is 0.682. The number of nitrogens with zero attached hydrogens (tertiary/aromatic N) is 2. The molecule has 0 fully saturated rings. The molecule has 1 aromatic carbocycles.